The zero-order valence-corrected chi connectivity index (χ0v) is 14.1. The van der Waals surface area contributed by atoms with Crippen LogP contribution in [0, 0.1) is 0 Å². The number of nitrogens with zero attached hydrogens (tertiary/aromatic N) is 2. The molecule has 0 amide bonds. The van der Waals surface area contributed by atoms with E-state index in [0.29, 0.717) is 0 Å². The molecule has 2 aromatic rings. The molecule has 0 saturated heterocycles. The van der Waals surface area contributed by atoms with Crippen molar-refractivity contribution in [1.82, 2.24) is 15.1 Å². The van der Waals surface area contributed by atoms with Gasteiger partial charge in [-0.15, -0.1) is 0 Å². The van der Waals surface area contributed by atoms with Crippen molar-refractivity contribution in [3.8, 4) is 0 Å². The van der Waals surface area contributed by atoms with Crippen LogP contribution in [0.1, 0.15) is 31.1 Å². The molecule has 1 aromatic heterocycles. The first-order valence-electron chi connectivity index (χ1n) is 6.85. The van der Waals surface area contributed by atoms with E-state index in [1.807, 2.05) is 29.1 Å². The Labute approximate surface area is 133 Å². The van der Waals surface area contributed by atoms with Crippen LogP contribution in [-0.4, -0.2) is 16.3 Å². The molecule has 0 bridgehead atoms. The first-order valence-corrected chi connectivity index (χ1v) is 8.02. The minimum atomic E-state index is 0.191. The van der Waals surface area contributed by atoms with E-state index in [1.54, 1.807) is 0 Å². The van der Waals surface area contributed by atoms with E-state index in [9.17, 15) is 0 Å². The molecule has 5 heteroatoms. The molecule has 1 atom stereocenters. The zero-order chi connectivity index (χ0) is 14.5. The Morgan fingerprint density at radius 3 is 2.75 bits per heavy atom. The number of rotatable bonds is 6. The first kappa shape index (κ1) is 15.5. The smallest absolute Gasteiger partial charge is 0.0698 e. The molecule has 0 spiro atoms. The van der Waals surface area contributed by atoms with Crippen LogP contribution in [0.25, 0.3) is 0 Å². The molecular weight excluding hydrogens is 338 g/mol. The normalized spacial score (nSPS) is 12.6. The Morgan fingerprint density at radius 2 is 2.10 bits per heavy atom. The molecule has 0 fully saturated rings. The van der Waals surface area contributed by atoms with Crippen LogP contribution >= 0.6 is 27.5 Å². The molecule has 1 N–H and O–H groups in total. The molecule has 3 nitrogen and oxygen atoms in total. The highest BCUT2D eigenvalue weighted by Crippen LogP contribution is 2.28. The SMILES string of the molecule is CCNC(Cc1ccccc1Cl)c1c(Br)cnn1CC. The van der Waals surface area contributed by atoms with Gasteiger partial charge in [-0.25, -0.2) is 0 Å². The topological polar surface area (TPSA) is 29.9 Å². The van der Waals surface area contributed by atoms with Crippen molar-refractivity contribution in [2.75, 3.05) is 6.54 Å². The lowest BCUT2D eigenvalue weighted by atomic mass is 10.0. The van der Waals surface area contributed by atoms with Crippen molar-refractivity contribution >= 4 is 27.5 Å². The van der Waals surface area contributed by atoms with E-state index in [2.05, 4.69) is 46.3 Å². The van der Waals surface area contributed by atoms with E-state index in [1.165, 1.54) is 5.69 Å². The summed E-state index contributed by atoms with van der Waals surface area (Å²) in [5.74, 6) is 0. The maximum Gasteiger partial charge on any atom is 0.0698 e. The van der Waals surface area contributed by atoms with Gasteiger partial charge < -0.3 is 5.32 Å². The van der Waals surface area contributed by atoms with Gasteiger partial charge in [0.1, 0.15) is 0 Å². The predicted octanol–water partition coefficient (Wildman–Crippen LogP) is 4.21. The van der Waals surface area contributed by atoms with Gasteiger partial charge in [0, 0.05) is 11.6 Å². The maximum absolute atomic E-state index is 6.28. The Balaban J connectivity index is 2.32. The average molecular weight is 357 g/mol. The standard InChI is InChI=1S/C15H19BrClN3/c1-3-18-14(9-11-7-5-6-8-13(11)17)15-12(16)10-19-20(15)4-2/h5-8,10,14,18H,3-4,9H2,1-2H3. The Kier molecular flexibility index (Phi) is 5.64. The monoisotopic (exact) mass is 355 g/mol. The highest BCUT2D eigenvalue weighted by molar-refractivity contribution is 9.10. The number of nitrogens with one attached hydrogen (secondary N) is 1. The van der Waals surface area contributed by atoms with Crippen molar-refractivity contribution in [2.24, 2.45) is 0 Å². The molecule has 0 radical (unpaired) electrons. The van der Waals surface area contributed by atoms with Gasteiger partial charge in [-0.05, 0) is 47.4 Å². The molecule has 20 heavy (non-hydrogen) atoms. The van der Waals surface area contributed by atoms with Gasteiger partial charge in [-0.3, -0.25) is 4.68 Å². The fourth-order valence-corrected chi connectivity index (χ4v) is 3.15. The van der Waals surface area contributed by atoms with E-state index in [0.717, 1.165) is 34.6 Å². The number of halogens is 2. The number of benzene rings is 1. The summed E-state index contributed by atoms with van der Waals surface area (Å²) in [6, 6.07) is 8.19. The Bertz CT molecular complexity index is 568. The molecule has 1 aromatic carbocycles. The van der Waals surface area contributed by atoms with Gasteiger partial charge >= 0.3 is 0 Å². The summed E-state index contributed by atoms with van der Waals surface area (Å²) < 4.78 is 3.06. The molecular formula is C15H19BrClN3. The van der Waals surface area contributed by atoms with Crippen LogP contribution in [0.4, 0.5) is 0 Å². The van der Waals surface area contributed by atoms with Crippen molar-refractivity contribution in [2.45, 2.75) is 32.9 Å². The van der Waals surface area contributed by atoms with E-state index in [4.69, 9.17) is 11.6 Å². The second kappa shape index (κ2) is 7.25. The van der Waals surface area contributed by atoms with Crippen LogP contribution in [0.5, 0.6) is 0 Å². The van der Waals surface area contributed by atoms with Crippen LogP contribution < -0.4 is 5.32 Å². The lowest BCUT2D eigenvalue weighted by Gasteiger charge is -2.20. The van der Waals surface area contributed by atoms with Crippen molar-refractivity contribution in [3.63, 3.8) is 0 Å². The van der Waals surface area contributed by atoms with Gasteiger partial charge in [0.2, 0.25) is 0 Å². The van der Waals surface area contributed by atoms with Crippen LogP contribution in [0.3, 0.4) is 0 Å². The molecule has 0 aliphatic heterocycles. The summed E-state index contributed by atoms with van der Waals surface area (Å²) >= 11 is 9.89. The number of likely N-dealkylation sites (N-methyl/N-ethyl adjacent to an activating group) is 1. The molecule has 0 aliphatic rings. The summed E-state index contributed by atoms with van der Waals surface area (Å²) in [6.07, 6.45) is 2.70. The molecule has 1 heterocycles. The van der Waals surface area contributed by atoms with Gasteiger partial charge in [0.25, 0.3) is 0 Å². The molecule has 0 saturated carbocycles. The average Bonchev–Trinajstić information content (AvgIpc) is 2.81. The van der Waals surface area contributed by atoms with E-state index < -0.39 is 0 Å². The van der Waals surface area contributed by atoms with Crippen molar-refractivity contribution < 1.29 is 0 Å². The molecule has 2 rings (SSSR count). The van der Waals surface area contributed by atoms with Gasteiger partial charge in [-0.1, -0.05) is 36.7 Å². The fraction of sp³-hybridized carbons (Fsp3) is 0.400. The van der Waals surface area contributed by atoms with Gasteiger partial charge in [0.15, 0.2) is 0 Å². The largest absolute Gasteiger partial charge is 0.309 e. The Morgan fingerprint density at radius 1 is 1.35 bits per heavy atom. The lowest BCUT2D eigenvalue weighted by Crippen LogP contribution is -2.26. The van der Waals surface area contributed by atoms with Crippen molar-refractivity contribution in [1.29, 1.82) is 0 Å². The van der Waals surface area contributed by atoms with Gasteiger partial charge in [-0.2, -0.15) is 5.10 Å². The molecule has 1 unspecified atom stereocenters. The second-order valence-electron chi connectivity index (χ2n) is 4.60. The summed E-state index contributed by atoms with van der Waals surface area (Å²) in [7, 11) is 0. The highest BCUT2D eigenvalue weighted by atomic mass is 79.9. The first-order chi connectivity index (χ1) is 9.67. The third-order valence-corrected chi connectivity index (χ3v) is 4.27. The van der Waals surface area contributed by atoms with Crippen molar-refractivity contribution in [3.05, 3.63) is 51.2 Å². The van der Waals surface area contributed by atoms with Gasteiger partial charge in [0.05, 0.1) is 22.4 Å². The molecule has 108 valence electrons. The van der Waals surface area contributed by atoms with Crippen LogP contribution in [0.15, 0.2) is 34.9 Å². The summed E-state index contributed by atoms with van der Waals surface area (Å²) in [5, 5.41) is 8.74. The highest BCUT2D eigenvalue weighted by Gasteiger charge is 2.20. The zero-order valence-electron chi connectivity index (χ0n) is 11.7. The maximum atomic E-state index is 6.28. The predicted molar refractivity (Wildman–Crippen MR) is 87.2 cm³/mol. The summed E-state index contributed by atoms with van der Waals surface area (Å²) in [4.78, 5) is 0. The van der Waals surface area contributed by atoms with Crippen LogP contribution in [-0.2, 0) is 13.0 Å². The number of hydrogen-bond acceptors (Lipinski definition) is 2. The lowest BCUT2D eigenvalue weighted by molar-refractivity contribution is 0.488. The minimum absolute atomic E-state index is 0.191. The van der Waals surface area contributed by atoms with E-state index in [-0.39, 0.29) is 6.04 Å². The number of aromatic nitrogens is 2. The molecule has 0 aliphatic carbocycles. The number of hydrogen-bond donors (Lipinski definition) is 1. The third kappa shape index (κ3) is 3.43. The minimum Gasteiger partial charge on any atom is -0.309 e. The number of aryl methyl sites for hydroxylation is 1. The summed E-state index contributed by atoms with van der Waals surface area (Å²) in [6.45, 7) is 5.96. The Hall–Kier alpha value is -0.840. The summed E-state index contributed by atoms with van der Waals surface area (Å²) in [5.41, 5.74) is 2.32. The third-order valence-electron chi connectivity index (χ3n) is 3.30. The quantitative estimate of drug-likeness (QED) is 0.840. The second-order valence-corrected chi connectivity index (χ2v) is 5.86. The fourth-order valence-electron chi connectivity index (χ4n) is 2.37. The van der Waals surface area contributed by atoms with E-state index >= 15 is 0 Å². The van der Waals surface area contributed by atoms with Crippen LogP contribution in [0.2, 0.25) is 5.02 Å².